The highest BCUT2D eigenvalue weighted by Gasteiger charge is 2.08. The van der Waals surface area contributed by atoms with Gasteiger partial charge in [-0.25, -0.2) is 4.68 Å². The standard InChI is InChI=1S/C11H10N4O2/c1-15-10(16)3-2-9(14-15)11(17)13-8-4-6-12-7-5-8/h2-7H,1H3,(H,12,13,17). The number of amides is 1. The maximum absolute atomic E-state index is 11.8. The Balaban J connectivity index is 2.21. The zero-order chi connectivity index (χ0) is 12.3. The van der Waals surface area contributed by atoms with Crippen LogP contribution in [-0.4, -0.2) is 20.7 Å². The molecule has 6 nitrogen and oxygen atoms in total. The molecule has 0 radical (unpaired) electrons. The van der Waals surface area contributed by atoms with E-state index in [1.807, 2.05) is 0 Å². The molecule has 0 bridgehead atoms. The number of hydrogen-bond donors (Lipinski definition) is 1. The van der Waals surface area contributed by atoms with Crippen molar-refractivity contribution >= 4 is 11.6 Å². The van der Waals surface area contributed by atoms with Crippen LogP contribution in [0.15, 0.2) is 41.5 Å². The van der Waals surface area contributed by atoms with Gasteiger partial charge in [0.1, 0.15) is 5.69 Å². The number of aromatic nitrogens is 3. The topological polar surface area (TPSA) is 76.9 Å². The van der Waals surface area contributed by atoms with Crippen LogP contribution >= 0.6 is 0 Å². The van der Waals surface area contributed by atoms with E-state index in [2.05, 4.69) is 15.4 Å². The predicted molar refractivity (Wildman–Crippen MR) is 61.7 cm³/mol. The van der Waals surface area contributed by atoms with Gasteiger partial charge in [-0.1, -0.05) is 0 Å². The fourth-order valence-corrected chi connectivity index (χ4v) is 1.25. The summed E-state index contributed by atoms with van der Waals surface area (Å²) in [5.41, 5.74) is 0.551. The third-order valence-corrected chi connectivity index (χ3v) is 2.13. The highest BCUT2D eigenvalue weighted by atomic mass is 16.2. The van der Waals surface area contributed by atoms with E-state index in [-0.39, 0.29) is 17.2 Å². The Labute approximate surface area is 96.9 Å². The van der Waals surface area contributed by atoms with Crippen molar-refractivity contribution in [3.05, 3.63) is 52.7 Å². The smallest absolute Gasteiger partial charge is 0.276 e. The quantitative estimate of drug-likeness (QED) is 0.811. The molecule has 0 aromatic carbocycles. The summed E-state index contributed by atoms with van der Waals surface area (Å²) in [6.07, 6.45) is 3.15. The fraction of sp³-hybridized carbons (Fsp3) is 0.0909. The molecule has 6 heteroatoms. The Morgan fingerprint density at radius 3 is 2.59 bits per heavy atom. The molecule has 0 unspecified atom stereocenters. The normalized spacial score (nSPS) is 9.94. The van der Waals surface area contributed by atoms with E-state index in [0.717, 1.165) is 4.68 Å². The lowest BCUT2D eigenvalue weighted by Crippen LogP contribution is -2.23. The van der Waals surface area contributed by atoms with Crippen molar-refractivity contribution < 1.29 is 4.79 Å². The summed E-state index contributed by atoms with van der Waals surface area (Å²) < 4.78 is 1.11. The van der Waals surface area contributed by atoms with Crippen molar-refractivity contribution in [1.82, 2.24) is 14.8 Å². The maximum Gasteiger partial charge on any atom is 0.276 e. The van der Waals surface area contributed by atoms with Gasteiger partial charge in [0.2, 0.25) is 0 Å². The van der Waals surface area contributed by atoms with E-state index in [1.165, 1.54) is 19.2 Å². The molecule has 0 atom stereocenters. The number of hydrogen-bond acceptors (Lipinski definition) is 4. The van der Waals surface area contributed by atoms with Crippen LogP contribution in [0.1, 0.15) is 10.5 Å². The van der Waals surface area contributed by atoms with Crippen LogP contribution in [0.5, 0.6) is 0 Å². The summed E-state index contributed by atoms with van der Waals surface area (Å²) in [4.78, 5) is 26.7. The van der Waals surface area contributed by atoms with Crippen LogP contribution < -0.4 is 10.9 Å². The molecule has 1 amide bonds. The van der Waals surface area contributed by atoms with Gasteiger partial charge >= 0.3 is 0 Å². The number of nitrogens with one attached hydrogen (secondary N) is 1. The fourth-order valence-electron chi connectivity index (χ4n) is 1.25. The zero-order valence-corrected chi connectivity index (χ0v) is 9.12. The molecule has 0 aliphatic carbocycles. The molecule has 0 saturated carbocycles. The zero-order valence-electron chi connectivity index (χ0n) is 9.12. The van der Waals surface area contributed by atoms with Crippen molar-refractivity contribution in [3.63, 3.8) is 0 Å². The van der Waals surface area contributed by atoms with E-state index in [4.69, 9.17) is 0 Å². The lowest BCUT2D eigenvalue weighted by Gasteiger charge is -2.04. The monoisotopic (exact) mass is 230 g/mol. The molecule has 0 aliphatic rings. The molecule has 2 heterocycles. The van der Waals surface area contributed by atoms with Crippen LogP contribution in [0.2, 0.25) is 0 Å². The summed E-state index contributed by atoms with van der Waals surface area (Å²) in [6, 6.07) is 6.02. The molecular weight excluding hydrogens is 220 g/mol. The van der Waals surface area contributed by atoms with E-state index < -0.39 is 0 Å². The second kappa shape index (κ2) is 4.56. The second-order valence-corrected chi connectivity index (χ2v) is 3.37. The summed E-state index contributed by atoms with van der Waals surface area (Å²) in [7, 11) is 1.49. The van der Waals surface area contributed by atoms with Crippen molar-refractivity contribution in [2.45, 2.75) is 0 Å². The SMILES string of the molecule is Cn1nc(C(=O)Nc2ccncc2)ccc1=O. The van der Waals surface area contributed by atoms with Crippen molar-refractivity contribution in [2.24, 2.45) is 7.05 Å². The number of nitrogens with zero attached hydrogens (tertiary/aromatic N) is 3. The lowest BCUT2D eigenvalue weighted by atomic mass is 10.3. The van der Waals surface area contributed by atoms with Crippen LogP contribution in [-0.2, 0) is 7.05 Å². The number of aryl methyl sites for hydroxylation is 1. The highest BCUT2D eigenvalue weighted by molar-refractivity contribution is 6.02. The second-order valence-electron chi connectivity index (χ2n) is 3.37. The predicted octanol–water partition coefficient (Wildman–Crippen LogP) is 0.428. The minimum absolute atomic E-state index is 0.184. The first-order valence-electron chi connectivity index (χ1n) is 4.92. The summed E-state index contributed by atoms with van der Waals surface area (Å²) in [5, 5.41) is 6.49. The van der Waals surface area contributed by atoms with Crippen LogP contribution in [0.3, 0.4) is 0 Å². The molecule has 0 fully saturated rings. The molecule has 0 aliphatic heterocycles. The largest absolute Gasteiger partial charge is 0.320 e. The number of pyridine rings is 1. The average Bonchev–Trinajstić information content (AvgIpc) is 2.34. The summed E-state index contributed by atoms with van der Waals surface area (Å²) in [5.74, 6) is -0.369. The molecule has 17 heavy (non-hydrogen) atoms. The van der Waals surface area contributed by atoms with Gasteiger partial charge in [0.15, 0.2) is 0 Å². The van der Waals surface area contributed by atoms with Gasteiger partial charge in [0, 0.05) is 31.2 Å². The van der Waals surface area contributed by atoms with Crippen molar-refractivity contribution in [3.8, 4) is 0 Å². The first-order valence-corrected chi connectivity index (χ1v) is 4.92. The van der Waals surface area contributed by atoms with E-state index >= 15 is 0 Å². The van der Waals surface area contributed by atoms with Crippen LogP contribution in [0.4, 0.5) is 5.69 Å². The van der Waals surface area contributed by atoms with Crippen LogP contribution in [0.25, 0.3) is 0 Å². The Morgan fingerprint density at radius 1 is 1.24 bits per heavy atom. The first kappa shape index (κ1) is 11.0. The molecule has 1 N–H and O–H groups in total. The number of carbonyl (C=O) groups is 1. The van der Waals surface area contributed by atoms with E-state index in [0.29, 0.717) is 5.69 Å². The number of rotatable bonds is 2. The van der Waals surface area contributed by atoms with Gasteiger partial charge < -0.3 is 5.32 Å². The Bertz CT molecular complexity index is 592. The van der Waals surface area contributed by atoms with Crippen molar-refractivity contribution in [2.75, 3.05) is 5.32 Å². The Morgan fingerprint density at radius 2 is 1.94 bits per heavy atom. The number of anilines is 1. The third kappa shape index (κ3) is 2.54. The van der Waals surface area contributed by atoms with Gasteiger partial charge in [0.05, 0.1) is 0 Å². The van der Waals surface area contributed by atoms with Crippen molar-refractivity contribution in [1.29, 1.82) is 0 Å². The molecule has 86 valence electrons. The minimum Gasteiger partial charge on any atom is -0.320 e. The number of carbonyl (C=O) groups excluding carboxylic acids is 1. The lowest BCUT2D eigenvalue weighted by molar-refractivity contribution is 0.102. The Kier molecular flexibility index (Phi) is 2.95. The third-order valence-electron chi connectivity index (χ3n) is 2.13. The van der Waals surface area contributed by atoms with E-state index in [9.17, 15) is 9.59 Å². The molecular formula is C11H10N4O2. The average molecular weight is 230 g/mol. The molecule has 2 aromatic rings. The summed E-state index contributed by atoms with van der Waals surface area (Å²) in [6.45, 7) is 0. The maximum atomic E-state index is 11.8. The molecule has 0 saturated heterocycles. The highest BCUT2D eigenvalue weighted by Crippen LogP contribution is 2.04. The van der Waals surface area contributed by atoms with Gasteiger partial charge in [-0.05, 0) is 18.2 Å². The van der Waals surface area contributed by atoms with Gasteiger partial charge in [-0.2, -0.15) is 5.10 Å². The Hall–Kier alpha value is -2.50. The van der Waals surface area contributed by atoms with Gasteiger partial charge in [0.25, 0.3) is 11.5 Å². The van der Waals surface area contributed by atoms with E-state index in [1.54, 1.807) is 24.5 Å². The van der Waals surface area contributed by atoms with Crippen LogP contribution in [0, 0.1) is 0 Å². The molecule has 0 spiro atoms. The van der Waals surface area contributed by atoms with Gasteiger partial charge in [-0.15, -0.1) is 0 Å². The summed E-state index contributed by atoms with van der Waals surface area (Å²) >= 11 is 0. The molecule has 2 aromatic heterocycles. The minimum atomic E-state index is -0.369. The molecule has 2 rings (SSSR count). The first-order chi connectivity index (χ1) is 8.16. The van der Waals surface area contributed by atoms with Gasteiger partial charge in [-0.3, -0.25) is 14.6 Å².